The molecular weight excluding hydrogens is 280 g/mol. The standard InChI is InChI=1S/C18H20O2S/c1-20-18(19)9-5-13-21-12-4-6-15-10-11-16-7-2-3-8-17(16)14-15/h2-4,7-8,10-12,14H,5-6,9,13H2,1H3. The summed E-state index contributed by atoms with van der Waals surface area (Å²) in [6.45, 7) is 0. The summed E-state index contributed by atoms with van der Waals surface area (Å²) in [5.74, 6) is 0.819. The predicted molar refractivity (Wildman–Crippen MR) is 90.5 cm³/mol. The van der Waals surface area contributed by atoms with E-state index < -0.39 is 0 Å². The van der Waals surface area contributed by atoms with Crippen molar-refractivity contribution >= 4 is 28.5 Å². The van der Waals surface area contributed by atoms with Crippen molar-refractivity contribution in [3.8, 4) is 0 Å². The Labute approximate surface area is 130 Å². The van der Waals surface area contributed by atoms with Crippen LogP contribution in [0.5, 0.6) is 0 Å². The Balaban J connectivity index is 1.74. The third kappa shape index (κ3) is 5.27. The first-order chi connectivity index (χ1) is 10.3. The van der Waals surface area contributed by atoms with E-state index in [2.05, 4.69) is 58.7 Å². The maximum absolute atomic E-state index is 10.9. The van der Waals surface area contributed by atoms with Crippen LogP contribution in [0.15, 0.2) is 53.9 Å². The second-order valence-electron chi connectivity index (χ2n) is 4.81. The number of benzene rings is 2. The molecule has 0 unspecified atom stereocenters. The van der Waals surface area contributed by atoms with Crippen molar-refractivity contribution in [2.24, 2.45) is 0 Å². The van der Waals surface area contributed by atoms with Gasteiger partial charge in [0, 0.05) is 6.42 Å². The number of carbonyl (C=O) groups is 1. The lowest BCUT2D eigenvalue weighted by atomic mass is 10.1. The average Bonchev–Trinajstić information content (AvgIpc) is 2.53. The van der Waals surface area contributed by atoms with Crippen LogP contribution in [0.25, 0.3) is 10.8 Å². The summed E-state index contributed by atoms with van der Waals surface area (Å²) >= 11 is 1.74. The number of thioether (sulfide) groups is 1. The van der Waals surface area contributed by atoms with Crippen LogP contribution in [-0.2, 0) is 16.0 Å². The van der Waals surface area contributed by atoms with Crippen LogP contribution < -0.4 is 0 Å². The molecule has 0 radical (unpaired) electrons. The monoisotopic (exact) mass is 300 g/mol. The highest BCUT2D eigenvalue weighted by molar-refractivity contribution is 8.02. The van der Waals surface area contributed by atoms with E-state index in [-0.39, 0.29) is 5.97 Å². The highest BCUT2D eigenvalue weighted by Crippen LogP contribution is 2.16. The summed E-state index contributed by atoms with van der Waals surface area (Å²) in [5, 5.41) is 4.68. The fourth-order valence-electron chi connectivity index (χ4n) is 2.09. The molecule has 3 heteroatoms. The molecule has 2 aromatic carbocycles. The number of carbonyl (C=O) groups excluding carboxylic acids is 1. The molecule has 0 amide bonds. The summed E-state index contributed by atoms with van der Waals surface area (Å²) in [6, 6.07) is 15.0. The Hall–Kier alpha value is -1.74. The number of methoxy groups -OCH3 is 1. The predicted octanol–water partition coefficient (Wildman–Crippen LogP) is 4.58. The highest BCUT2D eigenvalue weighted by Gasteiger charge is 1.98. The van der Waals surface area contributed by atoms with Crippen molar-refractivity contribution in [2.45, 2.75) is 19.3 Å². The minimum absolute atomic E-state index is 0.129. The van der Waals surface area contributed by atoms with Crippen molar-refractivity contribution in [1.29, 1.82) is 0 Å². The van der Waals surface area contributed by atoms with Gasteiger partial charge >= 0.3 is 5.97 Å². The Morgan fingerprint density at radius 1 is 1.19 bits per heavy atom. The number of hydrogen-bond acceptors (Lipinski definition) is 3. The van der Waals surface area contributed by atoms with Gasteiger partial charge in [-0.3, -0.25) is 4.79 Å². The van der Waals surface area contributed by atoms with E-state index in [1.54, 1.807) is 11.8 Å². The molecule has 0 aliphatic carbocycles. The first-order valence-corrected chi connectivity index (χ1v) is 8.15. The summed E-state index contributed by atoms with van der Waals surface area (Å²) in [4.78, 5) is 10.9. The molecule has 0 N–H and O–H groups in total. The summed E-state index contributed by atoms with van der Waals surface area (Å²) in [5.41, 5.74) is 1.32. The molecular formula is C18H20O2S. The van der Waals surface area contributed by atoms with Crippen molar-refractivity contribution in [3.63, 3.8) is 0 Å². The van der Waals surface area contributed by atoms with Gasteiger partial charge in [-0.2, -0.15) is 0 Å². The van der Waals surface area contributed by atoms with Crippen molar-refractivity contribution in [3.05, 3.63) is 59.5 Å². The zero-order valence-corrected chi connectivity index (χ0v) is 13.1. The molecule has 0 spiro atoms. The normalized spacial score (nSPS) is 11.1. The quantitative estimate of drug-likeness (QED) is 0.553. The van der Waals surface area contributed by atoms with Gasteiger partial charge < -0.3 is 4.74 Å². The maximum Gasteiger partial charge on any atom is 0.305 e. The third-order valence-electron chi connectivity index (χ3n) is 3.23. The van der Waals surface area contributed by atoms with E-state index in [9.17, 15) is 4.79 Å². The van der Waals surface area contributed by atoms with E-state index in [0.29, 0.717) is 6.42 Å². The van der Waals surface area contributed by atoms with Crippen LogP contribution >= 0.6 is 11.8 Å². The molecule has 0 fully saturated rings. The van der Waals surface area contributed by atoms with Gasteiger partial charge in [-0.25, -0.2) is 0 Å². The second-order valence-corrected chi connectivity index (χ2v) is 5.82. The summed E-state index contributed by atoms with van der Waals surface area (Å²) < 4.78 is 4.60. The molecule has 110 valence electrons. The van der Waals surface area contributed by atoms with Crippen LogP contribution in [0.3, 0.4) is 0 Å². The molecule has 0 saturated carbocycles. The van der Waals surface area contributed by atoms with Gasteiger partial charge in [0.15, 0.2) is 0 Å². The zero-order valence-electron chi connectivity index (χ0n) is 12.2. The van der Waals surface area contributed by atoms with Crippen LogP contribution in [0, 0.1) is 0 Å². The molecule has 0 heterocycles. The fourth-order valence-corrected chi connectivity index (χ4v) is 2.77. The van der Waals surface area contributed by atoms with Crippen LogP contribution in [0.2, 0.25) is 0 Å². The van der Waals surface area contributed by atoms with Gasteiger partial charge in [0.05, 0.1) is 7.11 Å². The van der Waals surface area contributed by atoms with Gasteiger partial charge in [0.25, 0.3) is 0 Å². The minimum atomic E-state index is -0.129. The first kappa shape index (κ1) is 15.6. The molecule has 0 atom stereocenters. The SMILES string of the molecule is COC(=O)CCCSC=CCc1ccc2ccccc2c1. The minimum Gasteiger partial charge on any atom is -0.469 e. The lowest BCUT2D eigenvalue weighted by molar-refractivity contribution is -0.140. The highest BCUT2D eigenvalue weighted by atomic mass is 32.2. The van der Waals surface area contributed by atoms with Crippen molar-refractivity contribution in [2.75, 3.05) is 12.9 Å². The molecule has 2 nitrogen and oxygen atoms in total. The number of fused-ring (bicyclic) bond motifs is 1. The van der Waals surface area contributed by atoms with Crippen molar-refractivity contribution in [1.82, 2.24) is 0 Å². The Morgan fingerprint density at radius 2 is 2.00 bits per heavy atom. The number of hydrogen-bond donors (Lipinski definition) is 0. The molecule has 21 heavy (non-hydrogen) atoms. The topological polar surface area (TPSA) is 26.3 Å². The largest absolute Gasteiger partial charge is 0.469 e. The van der Waals surface area contributed by atoms with Crippen LogP contribution in [0.1, 0.15) is 18.4 Å². The van der Waals surface area contributed by atoms with E-state index in [0.717, 1.165) is 18.6 Å². The van der Waals surface area contributed by atoms with Gasteiger partial charge in [0.2, 0.25) is 0 Å². The van der Waals surface area contributed by atoms with Gasteiger partial charge in [-0.1, -0.05) is 48.5 Å². The summed E-state index contributed by atoms with van der Waals surface area (Å²) in [7, 11) is 1.43. The molecule has 0 saturated heterocycles. The molecule has 0 bridgehead atoms. The molecule has 0 aliphatic rings. The molecule has 0 aromatic heterocycles. The van der Waals surface area contributed by atoms with Crippen LogP contribution in [-0.4, -0.2) is 18.8 Å². The van der Waals surface area contributed by atoms with E-state index in [4.69, 9.17) is 0 Å². The third-order valence-corrected chi connectivity index (χ3v) is 4.14. The fraction of sp³-hybridized carbons (Fsp3) is 0.278. The van der Waals surface area contributed by atoms with E-state index in [1.165, 1.54) is 23.4 Å². The first-order valence-electron chi connectivity index (χ1n) is 7.10. The lowest BCUT2D eigenvalue weighted by Crippen LogP contribution is -1.99. The molecule has 0 aliphatic heterocycles. The number of allylic oxidation sites excluding steroid dienone is 1. The lowest BCUT2D eigenvalue weighted by Gasteiger charge is -2.01. The Morgan fingerprint density at radius 3 is 2.81 bits per heavy atom. The maximum atomic E-state index is 10.9. The van der Waals surface area contributed by atoms with E-state index >= 15 is 0 Å². The van der Waals surface area contributed by atoms with Crippen LogP contribution in [0.4, 0.5) is 0 Å². The van der Waals surface area contributed by atoms with Gasteiger partial charge in [-0.15, -0.1) is 11.8 Å². The van der Waals surface area contributed by atoms with Gasteiger partial charge in [-0.05, 0) is 40.3 Å². The van der Waals surface area contributed by atoms with E-state index in [1.807, 2.05) is 0 Å². The number of ether oxygens (including phenoxy) is 1. The number of rotatable bonds is 7. The molecule has 2 rings (SSSR count). The van der Waals surface area contributed by atoms with Crippen molar-refractivity contribution < 1.29 is 9.53 Å². The Kier molecular flexibility index (Phi) is 6.35. The second kappa shape index (κ2) is 8.53. The zero-order chi connectivity index (χ0) is 14.9. The molecule has 2 aromatic rings. The smallest absolute Gasteiger partial charge is 0.305 e. The van der Waals surface area contributed by atoms with Gasteiger partial charge in [0.1, 0.15) is 0 Å². The number of esters is 1. The summed E-state index contributed by atoms with van der Waals surface area (Å²) in [6.07, 6.45) is 4.47. The average molecular weight is 300 g/mol. The Bertz CT molecular complexity index is 619.